The lowest BCUT2D eigenvalue weighted by atomic mass is 10.0. The summed E-state index contributed by atoms with van der Waals surface area (Å²) in [5, 5.41) is 11.5. The summed E-state index contributed by atoms with van der Waals surface area (Å²) in [4.78, 5) is 11.5. The molecule has 8 nitrogen and oxygen atoms in total. The fourth-order valence-corrected chi connectivity index (χ4v) is 4.06. The number of guanidine groups is 1. The lowest BCUT2D eigenvalue weighted by Crippen LogP contribution is -2.47. The van der Waals surface area contributed by atoms with Crippen LogP contribution in [0.15, 0.2) is 4.99 Å². The van der Waals surface area contributed by atoms with Crippen molar-refractivity contribution in [3.63, 3.8) is 0 Å². The molecule has 0 bridgehead atoms. The molecule has 3 heterocycles. The zero-order valence-electron chi connectivity index (χ0n) is 17.1. The summed E-state index contributed by atoms with van der Waals surface area (Å²) in [6.07, 6.45) is 5.84. The fourth-order valence-electron chi connectivity index (χ4n) is 4.06. The minimum absolute atomic E-state index is 0.323. The van der Waals surface area contributed by atoms with E-state index in [0.717, 1.165) is 55.9 Å². The normalized spacial score (nSPS) is 23.9. The Morgan fingerprint density at radius 3 is 3.00 bits per heavy atom. The second kappa shape index (κ2) is 10.0. The maximum atomic E-state index is 5.13. The lowest BCUT2D eigenvalue weighted by molar-refractivity contribution is 0.177. The molecule has 0 aromatic carbocycles. The van der Waals surface area contributed by atoms with E-state index in [1.807, 2.05) is 11.7 Å². The van der Waals surface area contributed by atoms with Gasteiger partial charge in [-0.1, -0.05) is 6.92 Å². The summed E-state index contributed by atoms with van der Waals surface area (Å²) >= 11 is 0. The van der Waals surface area contributed by atoms with E-state index >= 15 is 0 Å². The average Bonchev–Trinajstić information content (AvgIpc) is 3.06. The van der Waals surface area contributed by atoms with E-state index < -0.39 is 0 Å². The number of aromatic nitrogens is 3. The number of aryl methyl sites for hydroxylation is 1. The van der Waals surface area contributed by atoms with Crippen LogP contribution >= 0.6 is 0 Å². The van der Waals surface area contributed by atoms with Gasteiger partial charge in [0.2, 0.25) is 0 Å². The Morgan fingerprint density at radius 2 is 2.22 bits per heavy atom. The fraction of sp³-hybridized carbons (Fsp3) is 0.842. The molecule has 0 saturated carbocycles. The topological polar surface area (TPSA) is 79.6 Å². The predicted molar refractivity (Wildman–Crippen MR) is 107 cm³/mol. The molecular weight excluding hydrogens is 342 g/mol. The Hall–Kier alpha value is -1.67. The Labute approximate surface area is 162 Å². The van der Waals surface area contributed by atoms with Gasteiger partial charge in [-0.3, -0.25) is 4.99 Å². The molecule has 0 amide bonds. The van der Waals surface area contributed by atoms with Gasteiger partial charge in [-0.2, -0.15) is 5.10 Å². The van der Waals surface area contributed by atoms with Crippen molar-refractivity contribution in [3.8, 4) is 0 Å². The van der Waals surface area contributed by atoms with E-state index in [9.17, 15) is 0 Å². The van der Waals surface area contributed by atoms with Gasteiger partial charge in [0.05, 0.1) is 6.54 Å². The number of methoxy groups -OCH3 is 1. The van der Waals surface area contributed by atoms with Gasteiger partial charge in [0.1, 0.15) is 12.4 Å². The maximum absolute atomic E-state index is 5.13. The minimum Gasteiger partial charge on any atom is -0.377 e. The van der Waals surface area contributed by atoms with Crippen molar-refractivity contribution in [2.24, 2.45) is 10.9 Å². The Morgan fingerprint density at radius 1 is 1.33 bits per heavy atom. The second-order valence-electron chi connectivity index (χ2n) is 7.84. The second-order valence-corrected chi connectivity index (χ2v) is 7.84. The van der Waals surface area contributed by atoms with Crippen LogP contribution in [0, 0.1) is 5.92 Å². The number of hydrogen-bond acceptors (Lipinski definition) is 5. The van der Waals surface area contributed by atoms with E-state index in [1.165, 1.54) is 32.5 Å². The molecule has 0 aliphatic carbocycles. The van der Waals surface area contributed by atoms with Gasteiger partial charge in [0.25, 0.3) is 0 Å². The highest BCUT2D eigenvalue weighted by atomic mass is 16.5. The first-order valence-electron chi connectivity index (χ1n) is 10.3. The first-order chi connectivity index (χ1) is 13.2. The molecule has 152 valence electrons. The summed E-state index contributed by atoms with van der Waals surface area (Å²) in [5.41, 5.74) is 0. The summed E-state index contributed by atoms with van der Waals surface area (Å²) in [6, 6.07) is 0.323. The largest absolute Gasteiger partial charge is 0.377 e. The molecule has 27 heavy (non-hydrogen) atoms. The highest BCUT2D eigenvalue weighted by Gasteiger charge is 2.22. The molecule has 3 rings (SSSR count). The summed E-state index contributed by atoms with van der Waals surface area (Å²) < 4.78 is 7.13. The highest BCUT2D eigenvalue weighted by Crippen LogP contribution is 2.15. The van der Waals surface area contributed by atoms with Gasteiger partial charge >= 0.3 is 0 Å². The Balaban J connectivity index is 1.38. The van der Waals surface area contributed by atoms with Crippen molar-refractivity contribution >= 4 is 5.96 Å². The third-order valence-electron chi connectivity index (χ3n) is 5.42. The Bertz CT molecular complexity index is 615. The molecule has 1 aromatic heterocycles. The molecule has 2 atom stereocenters. The first kappa shape index (κ1) is 20.1. The molecule has 1 aromatic rings. The van der Waals surface area contributed by atoms with Gasteiger partial charge in [-0.25, -0.2) is 9.67 Å². The van der Waals surface area contributed by atoms with Gasteiger partial charge in [-0.05, 0) is 44.7 Å². The van der Waals surface area contributed by atoms with Crippen LogP contribution in [0.25, 0.3) is 0 Å². The number of nitrogens with one attached hydrogen (secondary N) is 2. The van der Waals surface area contributed by atoms with Crippen LogP contribution in [-0.4, -0.2) is 72.0 Å². The number of likely N-dealkylation sites (tertiary alicyclic amines) is 1. The average molecular weight is 378 g/mol. The highest BCUT2D eigenvalue weighted by molar-refractivity contribution is 5.79. The zero-order chi connectivity index (χ0) is 19.1. The monoisotopic (exact) mass is 377 g/mol. The standard InChI is InChI=1S/C19H35N7O/c1-15-6-4-10-25(12-15)11-5-9-21-19(20-2)22-16-7-8-18-23-17(14-27-3)24-26(18)13-16/h15-16H,4-14H2,1-3H3,(H2,20,21,22). The van der Waals surface area contributed by atoms with Crippen LogP contribution in [0.5, 0.6) is 0 Å². The number of nitrogens with zero attached hydrogens (tertiary/aromatic N) is 5. The van der Waals surface area contributed by atoms with Crippen molar-refractivity contribution in [2.75, 3.05) is 40.3 Å². The quantitative estimate of drug-likeness (QED) is 0.420. The molecule has 2 unspecified atom stereocenters. The van der Waals surface area contributed by atoms with Crippen LogP contribution in [-0.2, 0) is 24.3 Å². The van der Waals surface area contributed by atoms with Crippen LogP contribution in [0.3, 0.4) is 0 Å². The summed E-state index contributed by atoms with van der Waals surface area (Å²) in [7, 11) is 3.51. The Kier molecular flexibility index (Phi) is 7.46. The van der Waals surface area contributed by atoms with Gasteiger partial charge in [-0.15, -0.1) is 0 Å². The SMILES string of the molecule is CN=C(NCCCN1CCCC(C)C1)NC1CCc2nc(COC)nn2C1. The summed E-state index contributed by atoms with van der Waals surface area (Å²) in [5.74, 6) is 3.55. The number of rotatable bonds is 7. The minimum atomic E-state index is 0.323. The third-order valence-corrected chi connectivity index (χ3v) is 5.42. The molecular formula is C19H35N7O. The number of aliphatic imine (C=N–C) groups is 1. The number of ether oxygens (including phenoxy) is 1. The first-order valence-corrected chi connectivity index (χ1v) is 10.3. The molecule has 2 N–H and O–H groups in total. The van der Waals surface area contributed by atoms with Crippen molar-refractivity contribution < 1.29 is 4.74 Å². The molecule has 0 radical (unpaired) electrons. The van der Waals surface area contributed by atoms with Crippen LogP contribution in [0.4, 0.5) is 0 Å². The van der Waals surface area contributed by atoms with Gasteiger partial charge in [0.15, 0.2) is 11.8 Å². The third kappa shape index (κ3) is 5.90. The van der Waals surface area contributed by atoms with Gasteiger partial charge in [0, 0.05) is 39.7 Å². The lowest BCUT2D eigenvalue weighted by Gasteiger charge is -2.31. The number of hydrogen-bond donors (Lipinski definition) is 2. The molecule has 8 heteroatoms. The van der Waals surface area contributed by atoms with Crippen LogP contribution in [0.1, 0.15) is 44.3 Å². The molecule has 0 spiro atoms. The van der Waals surface area contributed by atoms with Crippen molar-refractivity contribution in [1.29, 1.82) is 0 Å². The number of piperidine rings is 1. The zero-order valence-corrected chi connectivity index (χ0v) is 17.1. The predicted octanol–water partition coefficient (Wildman–Crippen LogP) is 1.03. The van der Waals surface area contributed by atoms with Crippen molar-refractivity contribution in [3.05, 3.63) is 11.6 Å². The van der Waals surface area contributed by atoms with E-state index in [4.69, 9.17) is 4.74 Å². The van der Waals surface area contributed by atoms with Crippen LogP contribution < -0.4 is 10.6 Å². The van der Waals surface area contributed by atoms with E-state index in [0.29, 0.717) is 12.6 Å². The van der Waals surface area contributed by atoms with E-state index in [2.05, 4.69) is 37.5 Å². The van der Waals surface area contributed by atoms with E-state index in [1.54, 1.807) is 7.11 Å². The van der Waals surface area contributed by atoms with Crippen molar-refractivity contribution in [1.82, 2.24) is 30.3 Å². The molecule has 2 aliphatic rings. The maximum Gasteiger partial charge on any atom is 0.191 e. The number of fused-ring (bicyclic) bond motifs is 1. The molecule has 1 saturated heterocycles. The van der Waals surface area contributed by atoms with E-state index in [-0.39, 0.29) is 0 Å². The smallest absolute Gasteiger partial charge is 0.191 e. The molecule has 1 fully saturated rings. The van der Waals surface area contributed by atoms with Gasteiger partial charge < -0.3 is 20.3 Å². The van der Waals surface area contributed by atoms with Crippen LogP contribution in [0.2, 0.25) is 0 Å². The molecule has 2 aliphatic heterocycles. The van der Waals surface area contributed by atoms with Crippen molar-refractivity contribution in [2.45, 2.75) is 58.2 Å². The summed E-state index contributed by atoms with van der Waals surface area (Å²) in [6.45, 7) is 8.27.